The number of aromatic hydroxyl groups is 2. The third-order valence-electron chi connectivity index (χ3n) is 13.0. The van der Waals surface area contributed by atoms with Gasteiger partial charge in [0.25, 0.3) is 5.97 Å². The Morgan fingerprint density at radius 3 is 1.56 bits per heavy atom. The van der Waals surface area contributed by atoms with Crippen LogP contribution in [0.4, 0.5) is 0 Å². The van der Waals surface area contributed by atoms with Crippen molar-refractivity contribution in [2.75, 3.05) is 41.7 Å². The molecule has 2 aliphatic carbocycles. The number of hydrogen-bond donors (Lipinski definition) is 5. The third-order valence-corrected chi connectivity index (χ3v) is 13.0. The predicted octanol–water partition coefficient (Wildman–Crippen LogP) is 9.44. The topological polar surface area (TPSA) is 300 Å². The fraction of sp³-hybridized carbons (Fsp3) is 0.419. The Kier molecular flexibility index (Phi) is 29.0. The monoisotopic (exact) mass is 1120 g/mol. The fourth-order valence-electron chi connectivity index (χ4n) is 10.4. The molecule has 4 aromatic carbocycles. The summed E-state index contributed by atoms with van der Waals surface area (Å²) in [4.78, 5) is 91.4. The Balaban J connectivity index is 0.000000418. The number of nitrogens with one attached hydrogen (secondary N) is 1. The zero-order valence-electron chi connectivity index (χ0n) is 48.8. The number of phenols is 2. The summed E-state index contributed by atoms with van der Waals surface area (Å²) in [6, 6.07) is 21.4. The second kappa shape index (κ2) is 33.8. The molecule has 1 heterocycles. The minimum absolute atomic E-state index is 0. The molecule has 19 nitrogen and oxygen atoms in total. The van der Waals surface area contributed by atoms with Crippen LogP contribution in [0.3, 0.4) is 0 Å². The van der Waals surface area contributed by atoms with Crippen molar-refractivity contribution in [1.82, 2.24) is 11.5 Å². The van der Waals surface area contributed by atoms with E-state index in [1.165, 1.54) is 74.0 Å². The minimum Gasteiger partial charge on any atom is -0.508 e. The number of aliphatic carboxylic acids is 1. The Labute approximate surface area is 474 Å². The number of carboxylic acid groups (broad SMARTS) is 1. The smallest absolute Gasteiger partial charge is 0.336 e. The number of methoxy groups -OCH3 is 4. The van der Waals surface area contributed by atoms with Gasteiger partial charge in [0, 0.05) is 77.4 Å². The van der Waals surface area contributed by atoms with Gasteiger partial charge in [-0.1, -0.05) is 59.7 Å². The fourth-order valence-corrected chi connectivity index (χ4v) is 10.4. The lowest BCUT2D eigenvalue weighted by Crippen LogP contribution is -2.41. The summed E-state index contributed by atoms with van der Waals surface area (Å²) in [5.74, 6) is -2.75. The number of carboxylic acids is 1. The molecule has 81 heavy (non-hydrogen) atoms. The lowest BCUT2D eigenvalue weighted by Gasteiger charge is -2.39. The first kappa shape index (κ1) is 69.4. The van der Waals surface area contributed by atoms with Crippen LogP contribution in [0.5, 0.6) is 11.5 Å². The maximum absolute atomic E-state index is 13.9. The Hall–Kier alpha value is -7.68. The molecule has 2 unspecified atom stereocenters. The van der Waals surface area contributed by atoms with Gasteiger partial charge >= 0.3 is 11.9 Å². The zero-order valence-corrected chi connectivity index (χ0v) is 48.8. The quantitative estimate of drug-likeness (QED) is 0.0320. The number of dihydropyridines is 1. The van der Waals surface area contributed by atoms with Crippen LogP contribution >= 0.6 is 0 Å². The van der Waals surface area contributed by atoms with Crippen LogP contribution in [0.15, 0.2) is 95.3 Å². The molecule has 0 saturated heterocycles. The van der Waals surface area contributed by atoms with Gasteiger partial charge in [0.1, 0.15) is 35.8 Å². The number of benzene rings is 4. The maximum atomic E-state index is 13.9. The van der Waals surface area contributed by atoms with Crippen LogP contribution < -0.4 is 11.5 Å². The molecule has 0 amide bonds. The van der Waals surface area contributed by atoms with Gasteiger partial charge in [-0.05, 0) is 137 Å². The van der Waals surface area contributed by atoms with Gasteiger partial charge in [0.15, 0.2) is 17.9 Å². The summed E-state index contributed by atoms with van der Waals surface area (Å²) in [5.41, 5.74) is 12.5. The molecule has 0 bridgehead atoms. The average Bonchev–Trinajstić information content (AvgIpc) is 3.44. The van der Waals surface area contributed by atoms with E-state index in [1.807, 2.05) is 0 Å². The van der Waals surface area contributed by atoms with Gasteiger partial charge in [-0.2, -0.15) is 0 Å². The van der Waals surface area contributed by atoms with Crippen molar-refractivity contribution >= 4 is 47.3 Å². The second-order valence-corrected chi connectivity index (χ2v) is 19.4. The van der Waals surface area contributed by atoms with E-state index in [-0.39, 0.29) is 78.5 Å². The number of ether oxygens (including phenoxy) is 6. The SMILES string of the molecule is CC(=O)O.CCOC(=O)C1=C(C(OC)OC)NC2=C(C(=O)CC(c3c(C)cc(C)cc3C)C2)C1c1cccc(O)c1.CCOC(=O)CC(=O)C(OC)OC.Cc1cc(C)c(C2CC(=O)CC(=O)C2)c(C)c1.N.O=Cc1cccc(O)c1. The standard InChI is InChI=1S/C30H35NO6.C15H18O2.C8H14O5.C7H6O2.C2H4O2.H3N/c1-7-37-29(34)27-25(19-9-8-10-21(32)13-19)26-22(31-28(27)30(35-5)36-6)14-20(15-23(26)33)24-17(3)11-16(2)12-18(24)4;1-9-4-10(2)15(11(3)5-9)12-6-13(16)8-14(17)7-12;1-4-13-7(10)5-6(9)8(11-2)12-3;8-5-6-2-1-3-7(9)4-6;1-2(3)4;/h8-13,20,25,30-32H,7,14-15H2,1-6H3;4-5,12H,6-8H2,1-3H3;8H,4-5H2,1-3H3;1-5,9H;1H3,(H,3,4);1H3. The number of esters is 2. The molecule has 440 valence electrons. The van der Waals surface area contributed by atoms with E-state index in [2.05, 4.69) is 85.3 Å². The molecular formula is C62H80N2O17. The van der Waals surface area contributed by atoms with Crippen LogP contribution in [0.1, 0.15) is 137 Å². The summed E-state index contributed by atoms with van der Waals surface area (Å²) >= 11 is 0. The molecule has 19 heteroatoms. The highest BCUT2D eigenvalue weighted by Gasteiger charge is 2.44. The number of rotatable bonds is 15. The molecule has 3 aliphatic rings. The van der Waals surface area contributed by atoms with Crippen LogP contribution in [-0.2, 0) is 62.0 Å². The number of phenolic OH excluding ortho intramolecular Hbond substituents is 2. The number of hydrogen-bond acceptors (Lipinski definition) is 18. The van der Waals surface area contributed by atoms with Gasteiger partial charge in [-0.3, -0.25) is 33.6 Å². The molecule has 1 aliphatic heterocycles. The molecule has 0 radical (unpaired) electrons. The first-order chi connectivity index (χ1) is 37.9. The molecule has 0 spiro atoms. The summed E-state index contributed by atoms with van der Waals surface area (Å²) in [7, 11) is 5.65. The van der Waals surface area contributed by atoms with E-state index in [1.54, 1.807) is 50.2 Å². The number of carbonyl (C=O) groups is 8. The van der Waals surface area contributed by atoms with E-state index in [4.69, 9.17) is 29.2 Å². The van der Waals surface area contributed by atoms with Crippen LogP contribution in [0.2, 0.25) is 0 Å². The van der Waals surface area contributed by atoms with Gasteiger partial charge in [-0.25, -0.2) is 4.79 Å². The van der Waals surface area contributed by atoms with E-state index in [9.17, 15) is 38.7 Å². The number of aryl methyl sites for hydroxylation is 6. The molecule has 2 atom stereocenters. The number of aldehydes is 1. The average molecular weight is 1130 g/mol. The Bertz CT molecular complexity index is 2870. The van der Waals surface area contributed by atoms with E-state index in [0.717, 1.165) is 23.7 Å². The molecule has 0 aromatic heterocycles. The first-order valence-corrected chi connectivity index (χ1v) is 26.0. The van der Waals surface area contributed by atoms with Crippen molar-refractivity contribution in [3.05, 3.63) is 151 Å². The molecule has 1 fully saturated rings. The first-order valence-electron chi connectivity index (χ1n) is 26.0. The largest absolute Gasteiger partial charge is 0.508 e. The highest BCUT2D eigenvalue weighted by molar-refractivity contribution is 6.05. The highest BCUT2D eigenvalue weighted by atomic mass is 16.7. The van der Waals surface area contributed by atoms with Crippen molar-refractivity contribution in [2.24, 2.45) is 0 Å². The number of allylic oxidation sites excluding steroid dienone is 2. The highest BCUT2D eigenvalue weighted by Crippen LogP contribution is 2.48. The molecule has 7 N–H and O–H groups in total. The van der Waals surface area contributed by atoms with E-state index >= 15 is 0 Å². The summed E-state index contributed by atoms with van der Waals surface area (Å²) in [6.07, 6.45) is 0.606. The number of Topliss-reactive ketones (excluding diaryl/α,β-unsaturated/α-hetero) is 4. The number of ketones is 4. The van der Waals surface area contributed by atoms with Gasteiger partial charge in [-0.15, -0.1) is 0 Å². The van der Waals surface area contributed by atoms with Crippen LogP contribution in [0.25, 0.3) is 0 Å². The summed E-state index contributed by atoms with van der Waals surface area (Å²) < 4.78 is 30.5. The number of carbonyl (C=O) groups excluding carboxylic acids is 7. The van der Waals surface area contributed by atoms with Crippen molar-refractivity contribution < 1.29 is 82.1 Å². The summed E-state index contributed by atoms with van der Waals surface area (Å²) in [6.45, 7) is 17.4. The lowest BCUT2D eigenvalue weighted by atomic mass is 9.70. The van der Waals surface area contributed by atoms with E-state index in [0.29, 0.717) is 54.4 Å². The minimum atomic E-state index is -0.982. The Morgan fingerprint density at radius 2 is 1.14 bits per heavy atom. The van der Waals surface area contributed by atoms with Crippen molar-refractivity contribution in [2.45, 2.75) is 131 Å². The lowest BCUT2D eigenvalue weighted by molar-refractivity contribution is -0.162. The third kappa shape index (κ3) is 20.4. The van der Waals surface area contributed by atoms with Crippen LogP contribution in [-0.4, -0.2) is 117 Å². The predicted molar refractivity (Wildman–Crippen MR) is 303 cm³/mol. The van der Waals surface area contributed by atoms with Gasteiger partial charge < -0.3 is 55.2 Å². The van der Waals surface area contributed by atoms with E-state index < -0.39 is 42.2 Å². The Morgan fingerprint density at radius 1 is 0.667 bits per heavy atom. The molecule has 4 aromatic rings. The van der Waals surface area contributed by atoms with Crippen LogP contribution in [0, 0.1) is 41.5 Å². The van der Waals surface area contributed by atoms with Gasteiger partial charge in [0.05, 0.1) is 30.9 Å². The molecule has 7 rings (SSSR count). The second-order valence-electron chi connectivity index (χ2n) is 19.4. The molecular weight excluding hydrogens is 1040 g/mol. The van der Waals surface area contributed by atoms with Crippen molar-refractivity contribution in [1.29, 1.82) is 0 Å². The molecule has 1 saturated carbocycles. The maximum Gasteiger partial charge on any atom is 0.336 e. The van der Waals surface area contributed by atoms with Crippen molar-refractivity contribution in [3.63, 3.8) is 0 Å². The zero-order chi connectivity index (χ0) is 60.0. The normalized spacial score (nSPS) is 15.6. The van der Waals surface area contributed by atoms with Crippen molar-refractivity contribution in [3.8, 4) is 11.5 Å². The van der Waals surface area contributed by atoms with Gasteiger partial charge in [0.2, 0.25) is 6.29 Å². The summed E-state index contributed by atoms with van der Waals surface area (Å²) in [5, 5.41) is 29.8.